The Morgan fingerprint density at radius 3 is 2.50 bits per heavy atom. The number of amides is 1. The number of anilines is 1. The Labute approximate surface area is 111 Å². The number of rotatable bonds is 3. The summed E-state index contributed by atoms with van der Waals surface area (Å²) in [5.74, 6) is -3.69. The van der Waals surface area contributed by atoms with E-state index in [1.807, 2.05) is 5.32 Å². The highest BCUT2D eigenvalue weighted by Gasteiger charge is 2.28. The van der Waals surface area contributed by atoms with Crippen LogP contribution in [0.25, 0.3) is 0 Å². The van der Waals surface area contributed by atoms with Crippen LogP contribution < -0.4 is 5.32 Å². The number of nitrogens with zero attached hydrogens (tertiary/aromatic N) is 2. The van der Waals surface area contributed by atoms with Gasteiger partial charge in [-0.25, -0.2) is 18.2 Å². The van der Waals surface area contributed by atoms with Crippen LogP contribution in [0.2, 0.25) is 0 Å². The van der Waals surface area contributed by atoms with Crippen LogP contribution >= 0.6 is 0 Å². The molecule has 1 aliphatic rings. The number of hydrogen-bond acceptors (Lipinski definition) is 3. The fraction of sp³-hybridized carbons (Fsp3) is 0.250. The van der Waals surface area contributed by atoms with Crippen LogP contribution in [0.15, 0.2) is 12.1 Å². The Balaban J connectivity index is 1.81. The van der Waals surface area contributed by atoms with Gasteiger partial charge in [-0.3, -0.25) is 9.89 Å². The predicted octanol–water partition coefficient (Wildman–Crippen LogP) is 2.35. The monoisotopic (exact) mass is 282 g/mol. The van der Waals surface area contributed by atoms with E-state index in [1.165, 1.54) is 0 Å². The SMILES string of the molecule is O=C(Nc1c(F)cc(F)cc1F)c1n[nH]c(C2CC2)n1. The molecule has 0 unspecified atom stereocenters. The molecule has 1 aliphatic carbocycles. The molecule has 20 heavy (non-hydrogen) atoms. The molecule has 0 radical (unpaired) electrons. The number of nitrogens with one attached hydrogen (secondary N) is 2. The maximum Gasteiger partial charge on any atom is 0.295 e. The Kier molecular flexibility index (Phi) is 2.92. The van der Waals surface area contributed by atoms with E-state index < -0.39 is 29.0 Å². The number of benzene rings is 1. The third-order valence-corrected chi connectivity index (χ3v) is 2.92. The molecule has 2 N–H and O–H groups in total. The zero-order chi connectivity index (χ0) is 14.3. The second-order valence-corrected chi connectivity index (χ2v) is 4.52. The molecule has 0 saturated heterocycles. The molecule has 1 fully saturated rings. The van der Waals surface area contributed by atoms with E-state index in [0.717, 1.165) is 12.8 Å². The van der Waals surface area contributed by atoms with Crippen LogP contribution in [-0.2, 0) is 0 Å². The van der Waals surface area contributed by atoms with E-state index in [9.17, 15) is 18.0 Å². The normalized spacial score (nSPS) is 14.3. The fourth-order valence-electron chi connectivity index (χ4n) is 1.75. The summed E-state index contributed by atoms with van der Waals surface area (Å²) in [5, 5.41) is 8.28. The van der Waals surface area contributed by atoms with Crippen LogP contribution in [0.3, 0.4) is 0 Å². The van der Waals surface area contributed by atoms with Crippen molar-refractivity contribution in [3.8, 4) is 0 Å². The van der Waals surface area contributed by atoms with Crippen molar-refractivity contribution in [3.05, 3.63) is 41.2 Å². The van der Waals surface area contributed by atoms with Crippen molar-refractivity contribution >= 4 is 11.6 Å². The molecule has 0 bridgehead atoms. The highest BCUT2D eigenvalue weighted by atomic mass is 19.1. The van der Waals surface area contributed by atoms with Gasteiger partial charge in [0.25, 0.3) is 5.91 Å². The lowest BCUT2D eigenvalue weighted by Crippen LogP contribution is -2.16. The third kappa shape index (κ3) is 2.36. The molecule has 2 aromatic rings. The minimum Gasteiger partial charge on any atom is -0.314 e. The number of carbonyl (C=O) groups excluding carboxylic acids is 1. The second-order valence-electron chi connectivity index (χ2n) is 4.52. The van der Waals surface area contributed by atoms with E-state index in [1.54, 1.807) is 0 Å². The van der Waals surface area contributed by atoms with Gasteiger partial charge >= 0.3 is 0 Å². The Bertz CT molecular complexity index is 658. The van der Waals surface area contributed by atoms with Crippen molar-refractivity contribution in [3.63, 3.8) is 0 Å². The van der Waals surface area contributed by atoms with E-state index in [-0.39, 0.29) is 11.7 Å². The smallest absolute Gasteiger partial charge is 0.295 e. The van der Waals surface area contributed by atoms with E-state index in [4.69, 9.17) is 0 Å². The molecule has 1 aromatic carbocycles. The van der Waals surface area contributed by atoms with Crippen molar-refractivity contribution in [2.24, 2.45) is 0 Å². The van der Waals surface area contributed by atoms with Gasteiger partial charge in [-0.15, -0.1) is 5.10 Å². The minimum atomic E-state index is -1.20. The molecule has 1 heterocycles. The minimum absolute atomic E-state index is 0.213. The van der Waals surface area contributed by atoms with Gasteiger partial charge in [0, 0.05) is 18.1 Å². The summed E-state index contributed by atoms with van der Waals surface area (Å²) in [4.78, 5) is 15.7. The topological polar surface area (TPSA) is 70.7 Å². The Hall–Kier alpha value is -2.38. The molecule has 0 atom stereocenters. The van der Waals surface area contributed by atoms with Crippen molar-refractivity contribution in [2.45, 2.75) is 18.8 Å². The molecule has 104 valence electrons. The van der Waals surface area contributed by atoms with E-state index in [2.05, 4.69) is 15.2 Å². The first-order chi connectivity index (χ1) is 9.54. The third-order valence-electron chi connectivity index (χ3n) is 2.92. The lowest BCUT2D eigenvalue weighted by atomic mass is 10.2. The zero-order valence-electron chi connectivity index (χ0n) is 10.1. The lowest BCUT2D eigenvalue weighted by Gasteiger charge is -2.05. The van der Waals surface area contributed by atoms with E-state index >= 15 is 0 Å². The standard InChI is InChI=1S/C12H9F3N4O/c13-6-3-7(14)9(8(15)4-6)16-12(20)11-17-10(18-19-11)5-1-2-5/h3-5H,1-2H2,(H,16,20)(H,17,18,19). The first-order valence-electron chi connectivity index (χ1n) is 5.93. The fourth-order valence-corrected chi connectivity index (χ4v) is 1.75. The van der Waals surface area contributed by atoms with Gasteiger partial charge in [-0.2, -0.15) is 0 Å². The summed E-state index contributed by atoms with van der Waals surface area (Å²) in [7, 11) is 0. The summed E-state index contributed by atoms with van der Waals surface area (Å²) in [5.41, 5.74) is -0.728. The summed E-state index contributed by atoms with van der Waals surface area (Å²) in [6, 6.07) is 0.957. The number of aromatic nitrogens is 3. The quantitative estimate of drug-likeness (QED) is 0.907. The molecule has 5 nitrogen and oxygen atoms in total. The molecule has 0 aliphatic heterocycles. The average Bonchev–Trinajstić information content (AvgIpc) is 3.11. The van der Waals surface area contributed by atoms with Gasteiger partial charge in [0.2, 0.25) is 5.82 Å². The van der Waals surface area contributed by atoms with Gasteiger partial charge in [-0.05, 0) is 12.8 Å². The number of halogens is 3. The molecule has 8 heteroatoms. The van der Waals surface area contributed by atoms with Gasteiger partial charge in [-0.1, -0.05) is 0 Å². The maximum atomic E-state index is 13.4. The number of aromatic amines is 1. The first-order valence-corrected chi connectivity index (χ1v) is 5.93. The van der Waals surface area contributed by atoms with Gasteiger partial charge in [0.1, 0.15) is 17.3 Å². The largest absolute Gasteiger partial charge is 0.314 e. The van der Waals surface area contributed by atoms with Crippen molar-refractivity contribution in [1.82, 2.24) is 15.2 Å². The highest BCUT2D eigenvalue weighted by Crippen LogP contribution is 2.37. The van der Waals surface area contributed by atoms with E-state index in [0.29, 0.717) is 18.0 Å². The van der Waals surface area contributed by atoms with Crippen LogP contribution in [0.4, 0.5) is 18.9 Å². The van der Waals surface area contributed by atoms with Crippen LogP contribution in [-0.4, -0.2) is 21.1 Å². The number of hydrogen-bond donors (Lipinski definition) is 2. The average molecular weight is 282 g/mol. The van der Waals surface area contributed by atoms with Crippen LogP contribution in [0.1, 0.15) is 35.2 Å². The second kappa shape index (κ2) is 4.62. The lowest BCUT2D eigenvalue weighted by molar-refractivity contribution is 0.101. The summed E-state index contributed by atoms with van der Waals surface area (Å²) >= 11 is 0. The highest BCUT2D eigenvalue weighted by molar-refractivity contribution is 6.01. The summed E-state index contributed by atoms with van der Waals surface area (Å²) < 4.78 is 39.5. The van der Waals surface area contributed by atoms with Crippen molar-refractivity contribution in [2.75, 3.05) is 5.32 Å². The zero-order valence-corrected chi connectivity index (χ0v) is 10.1. The Morgan fingerprint density at radius 2 is 1.90 bits per heavy atom. The van der Waals surface area contributed by atoms with Gasteiger partial charge in [0.05, 0.1) is 0 Å². The van der Waals surface area contributed by atoms with Crippen LogP contribution in [0.5, 0.6) is 0 Å². The maximum absolute atomic E-state index is 13.4. The number of carbonyl (C=O) groups is 1. The van der Waals surface area contributed by atoms with Crippen LogP contribution in [0, 0.1) is 17.5 Å². The molecule has 1 aromatic heterocycles. The van der Waals surface area contributed by atoms with Gasteiger partial charge in [0.15, 0.2) is 11.6 Å². The molecule has 1 amide bonds. The molecule has 1 saturated carbocycles. The molecular weight excluding hydrogens is 273 g/mol. The van der Waals surface area contributed by atoms with Crippen molar-refractivity contribution < 1.29 is 18.0 Å². The molecule has 3 rings (SSSR count). The summed E-state index contributed by atoms with van der Waals surface area (Å²) in [6.07, 6.45) is 1.94. The van der Waals surface area contributed by atoms with Crippen molar-refractivity contribution in [1.29, 1.82) is 0 Å². The summed E-state index contributed by atoms with van der Waals surface area (Å²) in [6.45, 7) is 0. The molecular formula is C12H9F3N4O. The predicted molar refractivity (Wildman–Crippen MR) is 62.6 cm³/mol. The Morgan fingerprint density at radius 1 is 1.25 bits per heavy atom. The number of H-pyrrole nitrogens is 1. The molecule has 0 spiro atoms. The first kappa shape index (κ1) is 12.6. The van der Waals surface area contributed by atoms with Gasteiger partial charge < -0.3 is 5.32 Å².